The maximum atomic E-state index is 13.1. The number of aromatic nitrogens is 2. The average molecular weight is 389 g/mol. The van der Waals surface area contributed by atoms with Crippen LogP contribution in [-0.2, 0) is 9.53 Å². The smallest absolute Gasteiger partial charge is 0.319 e. The van der Waals surface area contributed by atoms with Crippen molar-refractivity contribution in [3.63, 3.8) is 0 Å². The molecule has 0 fully saturated rings. The molecule has 134 valence electrons. The van der Waals surface area contributed by atoms with Crippen molar-refractivity contribution in [1.29, 1.82) is 0 Å². The molecule has 0 spiro atoms. The van der Waals surface area contributed by atoms with Gasteiger partial charge >= 0.3 is 5.97 Å². The van der Waals surface area contributed by atoms with Gasteiger partial charge in [0.2, 0.25) is 0 Å². The Kier molecular flexibility index (Phi) is 5.64. The Bertz CT molecular complexity index is 1000. The maximum absolute atomic E-state index is 13.1. The Hall–Kier alpha value is -2.31. The molecule has 0 aliphatic carbocycles. The molecule has 1 aromatic heterocycles. The van der Waals surface area contributed by atoms with E-state index < -0.39 is 5.25 Å². The second-order valence-corrected chi connectivity index (χ2v) is 7.29. The summed E-state index contributed by atoms with van der Waals surface area (Å²) in [6.45, 7) is 3.79. The highest BCUT2D eigenvalue weighted by atomic mass is 35.5. The molecule has 2 aromatic carbocycles. The molecule has 0 saturated carbocycles. The van der Waals surface area contributed by atoms with Gasteiger partial charge in [-0.25, -0.2) is 4.98 Å². The summed E-state index contributed by atoms with van der Waals surface area (Å²) in [6, 6.07) is 14.1. The molecular formula is C19H17ClN2O3S. The monoisotopic (exact) mass is 388 g/mol. The maximum Gasteiger partial charge on any atom is 0.319 e. The molecule has 26 heavy (non-hydrogen) atoms. The van der Waals surface area contributed by atoms with Gasteiger partial charge in [-0.05, 0) is 50.2 Å². The van der Waals surface area contributed by atoms with E-state index in [1.54, 1.807) is 56.3 Å². The molecular weight excluding hydrogens is 372 g/mol. The van der Waals surface area contributed by atoms with Crippen molar-refractivity contribution in [2.24, 2.45) is 0 Å². The van der Waals surface area contributed by atoms with E-state index in [0.29, 0.717) is 33.4 Å². The first kappa shape index (κ1) is 18.5. The van der Waals surface area contributed by atoms with Crippen LogP contribution < -0.4 is 5.56 Å². The number of carbonyl (C=O) groups excluding carboxylic acids is 1. The molecule has 3 rings (SSSR count). The second kappa shape index (κ2) is 7.93. The van der Waals surface area contributed by atoms with Gasteiger partial charge in [0.15, 0.2) is 5.16 Å². The zero-order valence-electron chi connectivity index (χ0n) is 14.3. The Morgan fingerprint density at radius 2 is 1.92 bits per heavy atom. The first-order valence-electron chi connectivity index (χ1n) is 8.12. The summed E-state index contributed by atoms with van der Waals surface area (Å²) in [6.07, 6.45) is 0. The van der Waals surface area contributed by atoms with Crippen molar-refractivity contribution in [3.8, 4) is 5.69 Å². The van der Waals surface area contributed by atoms with E-state index in [-0.39, 0.29) is 11.5 Å². The van der Waals surface area contributed by atoms with Crippen LogP contribution in [0.1, 0.15) is 13.8 Å². The van der Waals surface area contributed by atoms with Crippen LogP contribution in [0.5, 0.6) is 0 Å². The van der Waals surface area contributed by atoms with Crippen molar-refractivity contribution in [2.45, 2.75) is 24.3 Å². The second-order valence-electron chi connectivity index (χ2n) is 5.54. The third kappa shape index (κ3) is 3.76. The van der Waals surface area contributed by atoms with Gasteiger partial charge in [-0.15, -0.1) is 0 Å². The van der Waals surface area contributed by atoms with E-state index >= 15 is 0 Å². The van der Waals surface area contributed by atoms with Gasteiger partial charge in [-0.3, -0.25) is 14.2 Å². The van der Waals surface area contributed by atoms with E-state index in [1.807, 2.05) is 6.07 Å². The summed E-state index contributed by atoms with van der Waals surface area (Å²) in [5.41, 5.74) is 1.02. The third-order valence-electron chi connectivity index (χ3n) is 3.73. The number of carbonyl (C=O) groups is 1. The lowest BCUT2D eigenvalue weighted by Gasteiger charge is -2.16. The van der Waals surface area contributed by atoms with Crippen LogP contribution >= 0.6 is 23.4 Å². The number of halogens is 1. The molecule has 1 atom stereocenters. The SMILES string of the molecule is CCOC(=O)C(C)Sc1nc2ccccc2c(=O)n1-c1ccc(Cl)cc1. The number of nitrogens with zero attached hydrogens (tertiary/aromatic N) is 2. The fourth-order valence-corrected chi connectivity index (χ4v) is 3.53. The summed E-state index contributed by atoms with van der Waals surface area (Å²) in [5.74, 6) is -0.345. The molecule has 5 nitrogen and oxygen atoms in total. The number of para-hydroxylation sites is 1. The summed E-state index contributed by atoms with van der Waals surface area (Å²) < 4.78 is 6.56. The summed E-state index contributed by atoms with van der Waals surface area (Å²) in [7, 11) is 0. The van der Waals surface area contributed by atoms with Crippen LogP contribution in [0.25, 0.3) is 16.6 Å². The van der Waals surface area contributed by atoms with Crippen LogP contribution in [-0.4, -0.2) is 27.4 Å². The zero-order valence-corrected chi connectivity index (χ0v) is 15.9. The third-order valence-corrected chi connectivity index (χ3v) is 5.01. The number of hydrogen-bond acceptors (Lipinski definition) is 5. The number of hydrogen-bond donors (Lipinski definition) is 0. The number of esters is 1. The fourth-order valence-electron chi connectivity index (χ4n) is 2.48. The van der Waals surface area contributed by atoms with Crippen molar-refractivity contribution >= 4 is 40.2 Å². The summed E-state index contributed by atoms with van der Waals surface area (Å²) >= 11 is 7.16. The number of thioether (sulfide) groups is 1. The van der Waals surface area contributed by atoms with E-state index in [2.05, 4.69) is 4.98 Å². The first-order chi connectivity index (χ1) is 12.5. The van der Waals surface area contributed by atoms with Gasteiger partial charge in [-0.1, -0.05) is 35.5 Å². The molecule has 0 saturated heterocycles. The Morgan fingerprint density at radius 1 is 1.23 bits per heavy atom. The van der Waals surface area contributed by atoms with Crippen molar-refractivity contribution in [2.75, 3.05) is 6.61 Å². The van der Waals surface area contributed by atoms with Gasteiger partial charge in [-0.2, -0.15) is 0 Å². The fraction of sp³-hybridized carbons (Fsp3) is 0.211. The van der Waals surface area contributed by atoms with Crippen molar-refractivity contribution < 1.29 is 9.53 Å². The van der Waals surface area contributed by atoms with Crippen LogP contribution in [0.4, 0.5) is 0 Å². The first-order valence-corrected chi connectivity index (χ1v) is 9.38. The topological polar surface area (TPSA) is 61.2 Å². The highest BCUT2D eigenvalue weighted by molar-refractivity contribution is 8.00. The van der Waals surface area contributed by atoms with Gasteiger partial charge in [0.05, 0.1) is 23.2 Å². The van der Waals surface area contributed by atoms with Crippen LogP contribution in [0.3, 0.4) is 0 Å². The van der Waals surface area contributed by atoms with Crippen LogP contribution in [0, 0.1) is 0 Å². The van der Waals surface area contributed by atoms with Crippen molar-refractivity contribution in [3.05, 3.63) is 63.9 Å². The number of ether oxygens (including phenoxy) is 1. The molecule has 1 heterocycles. The van der Waals surface area contributed by atoms with Gasteiger partial charge in [0, 0.05) is 5.02 Å². The van der Waals surface area contributed by atoms with E-state index in [0.717, 1.165) is 0 Å². The van der Waals surface area contributed by atoms with Gasteiger partial charge in [0.1, 0.15) is 5.25 Å². The predicted molar refractivity (Wildman–Crippen MR) is 104 cm³/mol. The average Bonchev–Trinajstić information content (AvgIpc) is 2.63. The number of fused-ring (bicyclic) bond motifs is 1. The minimum atomic E-state index is -0.499. The lowest BCUT2D eigenvalue weighted by Crippen LogP contribution is -2.24. The minimum Gasteiger partial charge on any atom is -0.465 e. The van der Waals surface area contributed by atoms with E-state index in [4.69, 9.17) is 16.3 Å². The highest BCUT2D eigenvalue weighted by Crippen LogP contribution is 2.26. The van der Waals surface area contributed by atoms with Gasteiger partial charge < -0.3 is 4.74 Å². The zero-order chi connectivity index (χ0) is 18.7. The Labute approximate surface area is 160 Å². The Balaban J connectivity index is 2.16. The summed E-state index contributed by atoms with van der Waals surface area (Å²) in [5, 5.41) is 1.01. The van der Waals surface area contributed by atoms with Gasteiger partial charge in [0.25, 0.3) is 5.56 Å². The predicted octanol–water partition coefficient (Wildman–Crippen LogP) is 4.08. The van der Waals surface area contributed by atoms with Crippen LogP contribution in [0.15, 0.2) is 58.5 Å². The number of benzene rings is 2. The van der Waals surface area contributed by atoms with Crippen LogP contribution in [0.2, 0.25) is 5.02 Å². The lowest BCUT2D eigenvalue weighted by molar-refractivity contribution is -0.142. The number of rotatable bonds is 5. The Morgan fingerprint density at radius 3 is 2.62 bits per heavy atom. The molecule has 7 heteroatoms. The molecule has 0 radical (unpaired) electrons. The lowest BCUT2D eigenvalue weighted by atomic mass is 10.2. The van der Waals surface area contributed by atoms with E-state index in [1.165, 1.54) is 16.3 Å². The van der Waals surface area contributed by atoms with Crippen molar-refractivity contribution in [1.82, 2.24) is 9.55 Å². The molecule has 0 bridgehead atoms. The molecule has 0 aliphatic rings. The standard InChI is InChI=1S/C19H17ClN2O3S/c1-3-25-18(24)12(2)26-19-21-16-7-5-4-6-15(16)17(23)22(19)14-10-8-13(20)9-11-14/h4-12H,3H2,1-2H3. The minimum absolute atomic E-state index is 0.198. The normalized spacial score (nSPS) is 12.1. The molecule has 3 aromatic rings. The van der Waals surface area contributed by atoms with E-state index in [9.17, 15) is 9.59 Å². The quantitative estimate of drug-likeness (QED) is 0.374. The molecule has 1 unspecified atom stereocenters. The summed E-state index contributed by atoms with van der Waals surface area (Å²) in [4.78, 5) is 29.7. The largest absolute Gasteiger partial charge is 0.465 e. The highest BCUT2D eigenvalue weighted by Gasteiger charge is 2.21. The molecule has 0 N–H and O–H groups in total. The molecule has 0 aliphatic heterocycles. The molecule has 0 amide bonds.